The summed E-state index contributed by atoms with van der Waals surface area (Å²) in [6.07, 6.45) is 1.48. The Morgan fingerprint density at radius 2 is 1.96 bits per heavy atom. The Kier molecular flexibility index (Phi) is 3.95. The van der Waals surface area contributed by atoms with Gasteiger partial charge in [-0.05, 0) is 35.7 Å². The van der Waals surface area contributed by atoms with E-state index in [1.165, 1.54) is 17.6 Å². The number of carbonyl (C=O) groups is 1. The lowest BCUT2D eigenvalue weighted by Gasteiger charge is -2.09. The van der Waals surface area contributed by atoms with Crippen LogP contribution in [0.4, 0.5) is 0 Å². The minimum absolute atomic E-state index is 0.0291. The second-order valence-corrected chi connectivity index (χ2v) is 6.20. The molecular weight excluding hydrogens is 340 g/mol. The first-order valence-electron chi connectivity index (χ1n) is 7.53. The van der Waals surface area contributed by atoms with Crippen molar-refractivity contribution in [1.82, 2.24) is 0 Å². The van der Waals surface area contributed by atoms with Gasteiger partial charge in [0.1, 0.15) is 5.58 Å². The van der Waals surface area contributed by atoms with Crippen LogP contribution in [0, 0.1) is 0 Å². The van der Waals surface area contributed by atoms with Crippen LogP contribution in [-0.4, -0.2) is 12.4 Å². The first-order chi connectivity index (χ1) is 12.2. The summed E-state index contributed by atoms with van der Waals surface area (Å²) in [5.41, 5.74) is 0.0862. The SMILES string of the molecule is O=C(COc1c(-c2ccco2)oc2ccccc2c1=O)c1cccs1. The van der Waals surface area contributed by atoms with E-state index in [0.29, 0.717) is 21.6 Å². The third-order valence-corrected chi connectivity index (χ3v) is 4.56. The van der Waals surface area contributed by atoms with Crippen LogP contribution in [0.25, 0.3) is 22.5 Å². The average molecular weight is 352 g/mol. The van der Waals surface area contributed by atoms with Crippen LogP contribution >= 0.6 is 11.3 Å². The maximum Gasteiger partial charge on any atom is 0.235 e. The minimum Gasteiger partial charge on any atom is -0.478 e. The van der Waals surface area contributed by atoms with Gasteiger partial charge in [0.05, 0.1) is 16.5 Å². The Morgan fingerprint density at radius 3 is 2.72 bits per heavy atom. The average Bonchev–Trinajstić information content (AvgIpc) is 3.34. The third kappa shape index (κ3) is 2.88. The minimum atomic E-state index is -0.341. The molecule has 0 atom stereocenters. The molecule has 4 aromatic rings. The lowest BCUT2D eigenvalue weighted by molar-refractivity contribution is 0.0924. The van der Waals surface area contributed by atoms with Gasteiger partial charge in [-0.25, -0.2) is 0 Å². The molecule has 25 heavy (non-hydrogen) atoms. The molecule has 0 saturated heterocycles. The van der Waals surface area contributed by atoms with Crippen molar-refractivity contribution in [2.45, 2.75) is 0 Å². The Bertz CT molecular complexity index is 1070. The predicted molar refractivity (Wildman–Crippen MR) is 94.3 cm³/mol. The summed E-state index contributed by atoms with van der Waals surface area (Å²) in [5.74, 6) is 0.306. The van der Waals surface area contributed by atoms with Crippen LogP contribution in [0.5, 0.6) is 5.75 Å². The van der Waals surface area contributed by atoms with Crippen molar-refractivity contribution in [2.24, 2.45) is 0 Å². The predicted octanol–water partition coefficient (Wildman–Crippen LogP) is 4.38. The summed E-state index contributed by atoms with van der Waals surface area (Å²) < 4.78 is 16.7. The van der Waals surface area contributed by atoms with E-state index in [1.807, 2.05) is 5.38 Å². The molecule has 1 aromatic carbocycles. The number of carbonyl (C=O) groups excluding carboxylic acids is 1. The molecular formula is C19H12O5S. The van der Waals surface area contributed by atoms with Gasteiger partial charge in [0.2, 0.25) is 22.7 Å². The van der Waals surface area contributed by atoms with E-state index in [2.05, 4.69) is 0 Å². The zero-order valence-corrected chi connectivity index (χ0v) is 13.7. The van der Waals surface area contributed by atoms with E-state index < -0.39 is 0 Å². The topological polar surface area (TPSA) is 69.7 Å². The second kappa shape index (κ2) is 6.41. The van der Waals surface area contributed by atoms with Gasteiger partial charge in [-0.2, -0.15) is 0 Å². The summed E-state index contributed by atoms with van der Waals surface area (Å²) in [4.78, 5) is 25.6. The van der Waals surface area contributed by atoms with Crippen LogP contribution in [0.15, 0.2) is 73.8 Å². The Balaban J connectivity index is 1.78. The summed E-state index contributed by atoms with van der Waals surface area (Å²) in [5, 5.41) is 2.20. The number of hydrogen-bond donors (Lipinski definition) is 0. The number of Topliss-reactive ketones (excluding diaryl/α,β-unsaturated/α-hetero) is 1. The van der Waals surface area contributed by atoms with Gasteiger partial charge in [-0.3, -0.25) is 9.59 Å². The molecule has 124 valence electrons. The van der Waals surface area contributed by atoms with E-state index in [-0.39, 0.29) is 29.3 Å². The normalized spacial score (nSPS) is 10.9. The number of rotatable bonds is 5. The highest BCUT2D eigenvalue weighted by atomic mass is 32.1. The maximum atomic E-state index is 12.8. The highest BCUT2D eigenvalue weighted by Gasteiger charge is 2.20. The van der Waals surface area contributed by atoms with Gasteiger partial charge in [0.25, 0.3) is 0 Å². The van der Waals surface area contributed by atoms with Gasteiger partial charge in [-0.15, -0.1) is 11.3 Å². The Morgan fingerprint density at radius 1 is 1.08 bits per heavy atom. The summed E-state index contributed by atoms with van der Waals surface area (Å²) in [7, 11) is 0. The quantitative estimate of drug-likeness (QED) is 0.499. The van der Waals surface area contributed by atoms with Crippen molar-refractivity contribution in [2.75, 3.05) is 6.61 Å². The highest BCUT2D eigenvalue weighted by molar-refractivity contribution is 7.12. The molecule has 4 rings (SSSR count). The van der Waals surface area contributed by atoms with Crippen LogP contribution in [0.2, 0.25) is 0 Å². The number of para-hydroxylation sites is 1. The monoisotopic (exact) mass is 352 g/mol. The van der Waals surface area contributed by atoms with Crippen molar-refractivity contribution in [3.8, 4) is 17.3 Å². The largest absolute Gasteiger partial charge is 0.478 e. The summed E-state index contributed by atoms with van der Waals surface area (Å²) >= 11 is 1.33. The Hall–Kier alpha value is -3.12. The molecule has 0 fully saturated rings. The number of ether oxygens (including phenoxy) is 1. The third-order valence-electron chi connectivity index (χ3n) is 3.64. The molecule has 0 aliphatic carbocycles. The van der Waals surface area contributed by atoms with E-state index >= 15 is 0 Å². The van der Waals surface area contributed by atoms with Gasteiger partial charge >= 0.3 is 0 Å². The van der Waals surface area contributed by atoms with Gasteiger partial charge in [0, 0.05) is 0 Å². The van der Waals surface area contributed by atoms with Crippen LogP contribution < -0.4 is 10.2 Å². The van der Waals surface area contributed by atoms with Gasteiger partial charge in [-0.1, -0.05) is 18.2 Å². The summed E-state index contributed by atoms with van der Waals surface area (Å²) in [6.45, 7) is -0.253. The fourth-order valence-electron chi connectivity index (χ4n) is 2.47. The molecule has 0 aliphatic rings. The lowest BCUT2D eigenvalue weighted by atomic mass is 10.2. The molecule has 0 unspecified atom stereocenters. The maximum absolute atomic E-state index is 12.8. The second-order valence-electron chi connectivity index (χ2n) is 5.25. The number of furan rings is 1. The van der Waals surface area contributed by atoms with Gasteiger partial charge in [0.15, 0.2) is 12.4 Å². The molecule has 0 amide bonds. The van der Waals surface area contributed by atoms with Crippen LogP contribution in [0.1, 0.15) is 9.67 Å². The fourth-order valence-corrected chi connectivity index (χ4v) is 3.12. The number of ketones is 1. The molecule has 0 saturated carbocycles. The molecule has 0 aliphatic heterocycles. The number of hydrogen-bond acceptors (Lipinski definition) is 6. The van der Waals surface area contributed by atoms with E-state index in [9.17, 15) is 9.59 Å². The van der Waals surface area contributed by atoms with Crippen LogP contribution in [-0.2, 0) is 0 Å². The molecule has 0 radical (unpaired) electrons. The molecule has 0 spiro atoms. The van der Waals surface area contributed by atoms with Crippen molar-refractivity contribution >= 4 is 28.1 Å². The molecule has 6 heteroatoms. The van der Waals surface area contributed by atoms with Crippen LogP contribution in [0.3, 0.4) is 0 Å². The molecule has 3 aromatic heterocycles. The zero-order valence-electron chi connectivity index (χ0n) is 12.9. The molecule has 0 bridgehead atoms. The smallest absolute Gasteiger partial charge is 0.235 e. The zero-order chi connectivity index (χ0) is 17.2. The van der Waals surface area contributed by atoms with Crippen molar-refractivity contribution in [3.05, 3.63) is 75.3 Å². The number of thiophene rings is 1. The number of benzene rings is 1. The molecule has 3 heterocycles. The van der Waals surface area contributed by atoms with E-state index in [1.54, 1.807) is 48.5 Å². The summed E-state index contributed by atoms with van der Waals surface area (Å²) in [6, 6.07) is 13.7. The first-order valence-corrected chi connectivity index (χ1v) is 8.41. The number of fused-ring (bicyclic) bond motifs is 1. The van der Waals surface area contributed by atoms with E-state index in [4.69, 9.17) is 13.6 Å². The van der Waals surface area contributed by atoms with Crippen molar-refractivity contribution < 1.29 is 18.4 Å². The molecule has 0 N–H and O–H groups in total. The van der Waals surface area contributed by atoms with Gasteiger partial charge < -0.3 is 13.6 Å². The first kappa shape index (κ1) is 15.4. The lowest BCUT2D eigenvalue weighted by Crippen LogP contribution is -2.16. The Labute approximate surface area is 146 Å². The fraction of sp³-hybridized carbons (Fsp3) is 0.0526. The standard InChI is InChI=1S/C19H12O5S/c20-13(16-8-4-10-25-16)11-23-19-17(21)12-5-1-2-6-14(12)24-18(19)15-7-3-9-22-15/h1-10H,11H2. The molecule has 5 nitrogen and oxygen atoms in total. The van der Waals surface area contributed by atoms with Crippen molar-refractivity contribution in [1.29, 1.82) is 0 Å². The van der Waals surface area contributed by atoms with Crippen molar-refractivity contribution in [3.63, 3.8) is 0 Å². The van der Waals surface area contributed by atoms with E-state index in [0.717, 1.165) is 0 Å². The highest BCUT2D eigenvalue weighted by Crippen LogP contribution is 2.31.